The van der Waals surface area contributed by atoms with Crippen LogP contribution in [0.4, 0.5) is 0 Å². The minimum absolute atomic E-state index is 0.319. The van der Waals surface area contributed by atoms with Crippen LogP contribution >= 0.6 is 15.9 Å². The zero-order valence-electron chi connectivity index (χ0n) is 20.0. The summed E-state index contributed by atoms with van der Waals surface area (Å²) < 4.78 is 14.2. The Morgan fingerprint density at radius 1 is 1.14 bits per heavy atom. The molecule has 0 fully saturated rings. The number of aromatic nitrogens is 6. The van der Waals surface area contributed by atoms with E-state index in [0.717, 1.165) is 57.1 Å². The molecular weight excluding hydrogens is 524 g/mol. The van der Waals surface area contributed by atoms with Crippen LogP contribution in [0.3, 0.4) is 0 Å². The van der Waals surface area contributed by atoms with E-state index in [9.17, 15) is 4.79 Å². The van der Waals surface area contributed by atoms with Crippen molar-refractivity contribution in [1.82, 2.24) is 30.4 Å². The second kappa shape index (κ2) is 10.4. The Balaban J connectivity index is 1.50. The minimum atomic E-state index is -0.396. The second-order valence-corrected chi connectivity index (χ2v) is 9.17. The molecule has 36 heavy (non-hydrogen) atoms. The third-order valence-electron chi connectivity index (χ3n) is 5.93. The summed E-state index contributed by atoms with van der Waals surface area (Å²) in [5.74, 6) is 0.864. The fourth-order valence-electron chi connectivity index (χ4n) is 4.18. The van der Waals surface area contributed by atoms with Crippen LogP contribution in [0.1, 0.15) is 48.4 Å². The van der Waals surface area contributed by atoms with Crippen LogP contribution in [-0.2, 0) is 17.7 Å². The molecule has 1 N–H and O–H groups in total. The number of rotatable bonds is 9. The van der Waals surface area contributed by atoms with E-state index in [4.69, 9.17) is 9.15 Å². The molecule has 0 aliphatic carbocycles. The summed E-state index contributed by atoms with van der Waals surface area (Å²) in [6.07, 6.45) is 2.92. The van der Waals surface area contributed by atoms with Crippen molar-refractivity contribution in [2.75, 3.05) is 6.61 Å². The molecule has 0 saturated heterocycles. The van der Waals surface area contributed by atoms with E-state index >= 15 is 0 Å². The van der Waals surface area contributed by atoms with Gasteiger partial charge in [-0.05, 0) is 69.9 Å². The number of aryl methyl sites for hydroxylation is 1. The number of benzene rings is 2. The lowest BCUT2D eigenvalue weighted by Crippen LogP contribution is -2.09. The van der Waals surface area contributed by atoms with Crippen LogP contribution in [0.15, 0.2) is 57.4 Å². The van der Waals surface area contributed by atoms with Crippen molar-refractivity contribution in [3.63, 3.8) is 0 Å². The van der Waals surface area contributed by atoms with E-state index < -0.39 is 5.97 Å². The third-order valence-corrected chi connectivity index (χ3v) is 6.72. The van der Waals surface area contributed by atoms with Crippen LogP contribution in [0, 0.1) is 0 Å². The number of hydrogen-bond acceptors (Lipinski definition) is 7. The maximum absolute atomic E-state index is 12.3. The average Bonchev–Trinajstić information content (AvgIpc) is 3.63. The summed E-state index contributed by atoms with van der Waals surface area (Å²) in [7, 11) is 0. The summed E-state index contributed by atoms with van der Waals surface area (Å²) in [5, 5.41) is 19.8. The number of H-pyrrole nitrogens is 1. The largest absolute Gasteiger partial charge is 0.461 e. The van der Waals surface area contributed by atoms with Crippen molar-refractivity contribution in [2.24, 2.45) is 0 Å². The van der Waals surface area contributed by atoms with Gasteiger partial charge in [-0.1, -0.05) is 43.7 Å². The number of carbonyl (C=O) groups excluding carboxylic acids is 1. The fraction of sp³-hybridized carbons (Fsp3) is 0.269. The molecule has 0 aliphatic heterocycles. The van der Waals surface area contributed by atoms with E-state index in [0.29, 0.717) is 30.4 Å². The van der Waals surface area contributed by atoms with Crippen molar-refractivity contribution in [3.05, 3.63) is 70.0 Å². The molecule has 0 bridgehead atoms. The van der Waals surface area contributed by atoms with Crippen molar-refractivity contribution >= 4 is 32.9 Å². The van der Waals surface area contributed by atoms with Gasteiger partial charge in [0.2, 0.25) is 0 Å². The van der Waals surface area contributed by atoms with E-state index in [2.05, 4.69) is 54.6 Å². The van der Waals surface area contributed by atoms with Gasteiger partial charge in [0.05, 0.1) is 17.6 Å². The first kappa shape index (κ1) is 23.9. The van der Waals surface area contributed by atoms with Gasteiger partial charge in [-0.15, -0.1) is 5.10 Å². The monoisotopic (exact) mass is 548 g/mol. The first-order chi connectivity index (χ1) is 17.6. The number of carbonyl (C=O) groups is 1. The molecule has 2 aromatic carbocycles. The van der Waals surface area contributed by atoms with Crippen molar-refractivity contribution in [2.45, 2.75) is 39.7 Å². The molecule has 0 saturated carbocycles. The van der Waals surface area contributed by atoms with Gasteiger partial charge in [0.15, 0.2) is 11.5 Å². The normalized spacial score (nSPS) is 11.3. The summed E-state index contributed by atoms with van der Waals surface area (Å²) in [6, 6.07) is 15.7. The van der Waals surface area contributed by atoms with Crippen molar-refractivity contribution in [1.29, 1.82) is 0 Å². The first-order valence-corrected chi connectivity index (χ1v) is 12.7. The summed E-state index contributed by atoms with van der Waals surface area (Å²) in [5.41, 5.74) is 4.86. The van der Waals surface area contributed by atoms with Crippen molar-refractivity contribution < 1.29 is 13.9 Å². The van der Waals surface area contributed by atoms with E-state index in [1.807, 2.05) is 47.1 Å². The molecule has 0 unspecified atom stereocenters. The Hall–Kier alpha value is -3.79. The zero-order chi connectivity index (χ0) is 25.1. The Morgan fingerprint density at radius 3 is 2.72 bits per heavy atom. The molecule has 5 aromatic rings. The number of esters is 1. The maximum atomic E-state index is 12.3. The number of halogens is 1. The minimum Gasteiger partial charge on any atom is -0.461 e. The molecule has 10 heteroatoms. The van der Waals surface area contributed by atoms with Crippen LogP contribution in [0.25, 0.3) is 33.7 Å². The summed E-state index contributed by atoms with van der Waals surface area (Å²) in [6.45, 7) is 4.78. The number of ether oxygens (including phenoxy) is 1. The van der Waals surface area contributed by atoms with Gasteiger partial charge in [-0.25, -0.2) is 9.89 Å². The average molecular weight is 549 g/mol. The van der Waals surface area contributed by atoms with Gasteiger partial charge in [0.25, 0.3) is 0 Å². The van der Waals surface area contributed by atoms with Gasteiger partial charge >= 0.3 is 5.97 Å². The number of hydrogen-bond donors (Lipinski definition) is 1. The Bertz CT molecular complexity index is 1510. The Labute approximate surface area is 216 Å². The van der Waals surface area contributed by atoms with Crippen LogP contribution in [0.5, 0.6) is 0 Å². The van der Waals surface area contributed by atoms with Gasteiger partial charge in [-0.2, -0.15) is 5.10 Å². The number of tetrazole rings is 1. The Morgan fingerprint density at radius 2 is 1.97 bits per heavy atom. The molecular formula is C26H25BrN6O3. The number of nitrogens with zero attached hydrogens (tertiary/aromatic N) is 5. The smallest absolute Gasteiger partial charge is 0.358 e. The van der Waals surface area contributed by atoms with E-state index in [1.165, 1.54) is 0 Å². The van der Waals surface area contributed by atoms with Gasteiger partial charge in [0, 0.05) is 22.2 Å². The first-order valence-electron chi connectivity index (χ1n) is 11.9. The van der Waals surface area contributed by atoms with Crippen molar-refractivity contribution in [3.8, 4) is 22.7 Å². The molecule has 3 aromatic heterocycles. The molecule has 0 atom stereocenters. The molecule has 0 spiro atoms. The topological polar surface area (TPSA) is 112 Å². The standard InChI is InChI=1S/C26H25BrN6O3/c1-3-5-8-17-14-21(26(34)35-4-2)30-33(17)15-16-11-12-22-20(13-16)23(27)24(36-22)18-9-6-7-10-19(18)25-28-31-32-29-25/h6-7,9-14H,3-5,8,15H2,1-2H3,(H,28,29,31,32). The highest BCUT2D eigenvalue weighted by Gasteiger charge is 2.20. The fourth-order valence-corrected chi connectivity index (χ4v) is 4.78. The van der Waals surface area contributed by atoms with E-state index in [1.54, 1.807) is 6.92 Å². The molecule has 0 aliphatic rings. The highest BCUT2D eigenvalue weighted by molar-refractivity contribution is 9.10. The molecule has 9 nitrogen and oxygen atoms in total. The highest BCUT2D eigenvalue weighted by atomic mass is 79.9. The zero-order valence-corrected chi connectivity index (χ0v) is 21.6. The second-order valence-electron chi connectivity index (χ2n) is 8.37. The molecule has 3 heterocycles. The van der Waals surface area contributed by atoms with Crippen LogP contribution in [0.2, 0.25) is 0 Å². The molecule has 0 radical (unpaired) electrons. The molecule has 0 amide bonds. The van der Waals surface area contributed by atoms with E-state index in [-0.39, 0.29) is 0 Å². The number of furan rings is 1. The van der Waals surface area contributed by atoms with Gasteiger partial charge < -0.3 is 9.15 Å². The quantitative estimate of drug-likeness (QED) is 0.231. The lowest BCUT2D eigenvalue weighted by atomic mass is 10.0. The summed E-state index contributed by atoms with van der Waals surface area (Å²) in [4.78, 5) is 12.3. The molecule has 184 valence electrons. The number of fused-ring (bicyclic) bond motifs is 1. The Kier molecular flexibility index (Phi) is 6.95. The number of nitrogens with one attached hydrogen (secondary N) is 1. The number of unbranched alkanes of at least 4 members (excludes halogenated alkanes) is 1. The SMILES string of the molecule is CCCCc1cc(C(=O)OCC)nn1Cc1ccc2oc(-c3ccccc3-c3nnn[nH]3)c(Br)c2c1. The molecule has 5 rings (SSSR count). The van der Waals surface area contributed by atoms with Crippen LogP contribution < -0.4 is 0 Å². The predicted molar refractivity (Wildman–Crippen MR) is 138 cm³/mol. The maximum Gasteiger partial charge on any atom is 0.358 e. The van der Waals surface area contributed by atoms with Gasteiger partial charge in [-0.3, -0.25) is 4.68 Å². The lowest BCUT2D eigenvalue weighted by molar-refractivity contribution is 0.0518. The highest BCUT2D eigenvalue weighted by Crippen LogP contribution is 2.41. The third kappa shape index (κ3) is 4.68. The lowest BCUT2D eigenvalue weighted by Gasteiger charge is -2.07. The van der Waals surface area contributed by atoms with Crippen LogP contribution in [-0.4, -0.2) is 43.0 Å². The predicted octanol–water partition coefficient (Wildman–Crippen LogP) is 5.81. The van der Waals surface area contributed by atoms with Gasteiger partial charge in [0.1, 0.15) is 11.3 Å². The summed E-state index contributed by atoms with van der Waals surface area (Å²) >= 11 is 3.76. The number of aromatic amines is 1.